The first-order valence-electron chi connectivity index (χ1n) is 7.67. The van der Waals surface area contributed by atoms with Crippen molar-refractivity contribution in [1.82, 2.24) is 5.32 Å². The summed E-state index contributed by atoms with van der Waals surface area (Å²) in [7, 11) is 0. The van der Waals surface area contributed by atoms with E-state index in [0.717, 1.165) is 24.6 Å². The van der Waals surface area contributed by atoms with Crippen molar-refractivity contribution in [2.75, 3.05) is 6.54 Å². The van der Waals surface area contributed by atoms with Gasteiger partial charge in [-0.25, -0.2) is 8.78 Å². The molecule has 1 nitrogen and oxygen atoms in total. The van der Waals surface area contributed by atoms with E-state index >= 15 is 0 Å². The maximum absolute atomic E-state index is 12.4. The van der Waals surface area contributed by atoms with Crippen molar-refractivity contribution in [2.45, 2.75) is 58.9 Å². The molecular weight excluding hydrogens is 256 g/mol. The number of halogens is 2. The minimum atomic E-state index is -2.37. The minimum Gasteiger partial charge on any atom is -0.313 e. The van der Waals surface area contributed by atoms with Crippen LogP contribution in [0.2, 0.25) is 0 Å². The highest BCUT2D eigenvalue weighted by atomic mass is 19.3. The lowest BCUT2D eigenvalue weighted by molar-refractivity contribution is 0.151. The van der Waals surface area contributed by atoms with Crippen LogP contribution in [-0.4, -0.2) is 6.54 Å². The van der Waals surface area contributed by atoms with E-state index < -0.39 is 6.43 Å². The van der Waals surface area contributed by atoms with Gasteiger partial charge in [0, 0.05) is 12.1 Å². The maximum atomic E-state index is 12.4. The third kappa shape index (κ3) is 7.59. The highest BCUT2D eigenvalue weighted by Crippen LogP contribution is 2.18. The van der Waals surface area contributed by atoms with Gasteiger partial charge in [-0.05, 0) is 24.4 Å². The predicted octanol–water partition coefficient (Wildman–Crippen LogP) is 5.32. The zero-order valence-corrected chi connectivity index (χ0v) is 12.7. The van der Waals surface area contributed by atoms with Gasteiger partial charge < -0.3 is 5.32 Å². The zero-order chi connectivity index (χ0) is 14.8. The molecule has 114 valence electrons. The monoisotopic (exact) mass is 283 g/mol. The van der Waals surface area contributed by atoms with Crippen LogP contribution >= 0.6 is 0 Å². The van der Waals surface area contributed by atoms with Crippen LogP contribution in [0.1, 0.15) is 63.5 Å². The Labute approximate surface area is 121 Å². The van der Waals surface area contributed by atoms with Crippen LogP contribution in [0.15, 0.2) is 24.3 Å². The molecule has 0 atom stereocenters. The molecule has 1 aromatic carbocycles. The number of rotatable bonds is 10. The summed E-state index contributed by atoms with van der Waals surface area (Å²) in [5, 5.41) is 3.36. The molecule has 0 aliphatic carbocycles. The summed E-state index contributed by atoms with van der Waals surface area (Å²) in [5.41, 5.74) is 1.16. The van der Waals surface area contributed by atoms with E-state index in [2.05, 4.69) is 19.2 Å². The van der Waals surface area contributed by atoms with Crippen molar-refractivity contribution in [1.29, 1.82) is 0 Å². The molecule has 3 heteroatoms. The lowest BCUT2D eigenvalue weighted by Crippen LogP contribution is -2.14. The van der Waals surface area contributed by atoms with Crippen molar-refractivity contribution < 1.29 is 8.78 Å². The highest BCUT2D eigenvalue weighted by Gasteiger charge is 2.05. The SMILES string of the molecule is CC(C)CCCCCCNCc1ccc(C(F)F)cc1. The fourth-order valence-electron chi connectivity index (χ4n) is 2.17. The van der Waals surface area contributed by atoms with Crippen LogP contribution in [0.3, 0.4) is 0 Å². The smallest absolute Gasteiger partial charge is 0.263 e. The Balaban J connectivity index is 2.03. The molecule has 0 aliphatic rings. The molecule has 1 rings (SSSR count). The summed E-state index contributed by atoms with van der Waals surface area (Å²) in [6.07, 6.45) is 4.04. The van der Waals surface area contributed by atoms with E-state index in [1.54, 1.807) is 12.1 Å². The van der Waals surface area contributed by atoms with Gasteiger partial charge in [-0.15, -0.1) is 0 Å². The molecule has 0 amide bonds. The van der Waals surface area contributed by atoms with Gasteiger partial charge in [-0.1, -0.05) is 63.8 Å². The molecule has 0 aliphatic heterocycles. The number of hydrogen-bond donors (Lipinski definition) is 1. The number of unbranched alkanes of at least 4 members (excludes halogenated alkanes) is 3. The topological polar surface area (TPSA) is 12.0 Å². The summed E-state index contributed by atoms with van der Waals surface area (Å²) in [6.45, 7) is 6.29. The molecular formula is C17H27F2N. The fourth-order valence-corrected chi connectivity index (χ4v) is 2.17. The minimum absolute atomic E-state index is 0.0962. The van der Waals surface area contributed by atoms with E-state index in [4.69, 9.17) is 0 Å². The fraction of sp³-hybridized carbons (Fsp3) is 0.647. The Morgan fingerprint density at radius 1 is 0.950 bits per heavy atom. The first kappa shape index (κ1) is 17.1. The molecule has 0 fully saturated rings. The third-order valence-electron chi connectivity index (χ3n) is 3.45. The molecule has 0 heterocycles. The first-order valence-corrected chi connectivity index (χ1v) is 7.67. The van der Waals surface area contributed by atoms with Crippen molar-refractivity contribution in [3.63, 3.8) is 0 Å². The van der Waals surface area contributed by atoms with Crippen molar-refractivity contribution >= 4 is 0 Å². The normalized spacial score (nSPS) is 11.5. The second-order valence-electron chi connectivity index (χ2n) is 5.82. The summed E-state index contributed by atoms with van der Waals surface area (Å²) in [6, 6.07) is 6.56. The predicted molar refractivity (Wildman–Crippen MR) is 81.0 cm³/mol. The Hall–Kier alpha value is -0.960. The molecule has 0 unspecified atom stereocenters. The molecule has 0 saturated carbocycles. The molecule has 0 spiro atoms. The van der Waals surface area contributed by atoms with Crippen LogP contribution in [0.4, 0.5) is 8.78 Å². The Morgan fingerprint density at radius 3 is 2.20 bits per heavy atom. The van der Waals surface area contributed by atoms with E-state index in [1.165, 1.54) is 44.2 Å². The van der Waals surface area contributed by atoms with Crippen LogP contribution in [-0.2, 0) is 6.54 Å². The van der Waals surface area contributed by atoms with Crippen LogP contribution in [0, 0.1) is 5.92 Å². The summed E-state index contributed by atoms with van der Waals surface area (Å²) in [4.78, 5) is 0. The zero-order valence-electron chi connectivity index (χ0n) is 12.7. The molecule has 0 saturated heterocycles. The van der Waals surface area contributed by atoms with E-state index in [-0.39, 0.29) is 5.56 Å². The molecule has 0 radical (unpaired) electrons. The summed E-state index contributed by atoms with van der Waals surface area (Å²) < 4.78 is 24.8. The largest absolute Gasteiger partial charge is 0.313 e. The molecule has 1 aromatic rings. The van der Waals surface area contributed by atoms with E-state index in [0.29, 0.717) is 0 Å². The Morgan fingerprint density at radius 2 is 1.60 bits per heavy atom. The van der Waals surface area contributed by atoms with Gasteiger partial charge in [0.1, 0.15) is 0 Å². The van der Waals surface area contributed by atoms with Crippen molar-refractivity contribution in [3.8, 4) is 0 Å². The number of alkyl halides is 2. The van der Waals surface area contributed by atoms with E-state index in [1.807, 2.05) is 0 Å². The number of benzene rings is 1. The van der Waals surface area contributed by atoms with Crippen LogP contribution in [0.5, 0.6) is 0 Å². The van der Waals surface area contributed by atoms with E-state index in [9.17, 15) is 8.78 Å². The molecule has 0 bridgehead atoms. The van der Waals surface area contributed by atoms with Crippen molar-refractivity contribution in [3.05, 3.63) is 35.4 Å². The summed E-state index contributed by atoms with van der Waals surface area (Å²) in [5.74, 6) is 0.810. The molecule has 20 heavy (non-hydrogen) atoms. The van der Waals surface area contributed by atoms with Gasteiger partial charge in [0.2, 0.25) is 0 Å². The summed E-state index contributed by atoms with van der Waals surface area (Å²) >= 11 is 0. The number of nitrogens with one attached hydrogen (secondary N) is 1. The Kier molecular flexibility index (Phi) is 8.43. The lowest BCUT2D eigenvalue weighted by Gasteiger charge is -2.07. The van der Waals surface area contributed by atoms with Crippen LogP contribution in [0.25, 0.3) is 0 Å². The standard InChI is InChI=1S/C17H27F2N/c1-14(2)7-5-3-4-6-12-20-13-15-8-10-16(11-9-15)17(18)19/h8-11,14,17,20H,3-7,12-13H2,1-2H3. The van der Waals surface area contributed by atoms with Crippen LogP contribution < -0.4 is 5.32 Å². The second kappa shape index (κ2) is 9.87. The van der Waals surface area contributed by atoms with Gasteiger partial charge in [0.05, 0.1) is 0 Å². The van der Waals surface area contributed by atoms with Gasteiger partial charge in [0.15, 0.2) is 0 Å². The number of hydrogen-bond acceptors (Lipinski definition) is 1. The third-order valence-corrected chi connectivity index (χ3v) is 3.45. The Bertz CT molecular complexity index is 347. The maximum Gasteiger partial charge on any atom is 0.263 e. The first-order chi connectivity index (χ1) is 9.59. The average molecular weight is 283 g/mol. The quantitative estimate of drug-likeness (QED) is 0.573. The molecule has 1 N–H and O–H groups in total. The average Bonchev–Trinajstić information content (AvgIpc) is 2.42. The van der Waals surface area contributed by atoms with Gasteiger partial charge in [0.25, 0.3) is 6.43 Å². The highest BCUT2D eigenvalue weighted by molar-refractivity contribution is 5.23. The van der Waals surface area contributed by atoms with Crippen molar-refractivity contribution in [2.24, 2.45) is 5.92 Å². The van der Waals surface area contributed by atoms with Gasteiger partial charge in [-0.2, -0.15) is 0 Å². The van der Waals surface area contributed by atoms with Gasteiger partial charge >= 0.3 is 0 Å². The lowest BCUT2D eigenvalue weighted by atomic mass is 10.0. The second-order valence-corrected chi connectivity index (χ2v) is 5.82. The molecule has 0 aromatic heterocycles. The van der Waals surface area contributed by atoms with Gasteiger partial charge in [-0.3, -0.25) is 0 Å².